The predicted octanol–water partition coefficient (Wildman–Crippen LogP) is 1.62. The molecular formula is C11H24N2OS. The van der Waals surface area contributed by atoms with Gasteiger partial charge in [0, 0.05) is 13.0 Å². The lowest BCUT2D eigenvalue weighted by molar-refractivity contribution is -0.121. The molecule has 0 aliphatic carbocycles. The Morgan fingerprint density at radius 1 is 1.40 bits per heavy atom. The smallest absolute Gasteiger partial charge is 0.220 e. The van der Waals surface area contributed by atoms with Gasteiger partial charge in [-0.25, -0.2) is 0 Å². The summed E-state index contributed by atoms with van der Waals surface area (Å²) in [6.07, 6.45) is 6.21. The van der Waals surface area contributed by atoms with E-state index in [1.165, 1.54) is 18.6 Å². The number of hydrogen-bond donors (Lipinski definition) is 2. The molecule has 3 N–H and O–H groups in total. The van der Waals surface area contributed by atoms with Gasteiger partial charge in [-0.15, -0.1) is 0 Å². The predicted molar refractivity (Wildman–Crippen MR) is 68.1 cm³/mol. The van der Waals surface area contributed by atoms with Gasteiger partial charge in [0.2, 0.25) is 5.91 Å². The molecule has 0 rings (SSSR count). The fraction of sp³-hybridized carbons (Fsp3) is 0.909. The van der Waals surface area contributed by atoms with Gasteiger partial charge in [0.1, 0.15) is 0 Å². The number of amides is 1. The van der Waals surface area contributed by atoms with E-state index >= 15 is 0 Å². The Morgan fingerprint density at radius 3 is 2.73 bits per heavy atom. The van der Waals surface area contributed by atoms with Crippen LogP contribution in [0, 0.1) is 5.92 Å². The number of rotatable bonds is 9. The van der Waals surface area contributed by atoms with Crippen LogP contribution in [0.25, 0.3) is 0 Å². The Bertz CT molecular complexity index is 165. The van der Waals surface area contributed by atoms with Gasteiger partial charge in [-0.1, -0.05) is 13.3 Å². The van der Waals surface area contributed by atoms with E-state index in [0.29, 0.717) is 18.9 Å². The minimum atomic E-state index is 0.137. The largest absolute Gasteiger partial charge is 0.356 e. The maximum absolute atomic E-state index is 11.3. The van der Waals surface area contributed by atoms with E-state index in [4.69, 9.17) is 5.73 Å². The number of hydrogen-bond acceptors (Lipinski definition) is 3. The third-order valence-corrected chi connectivity index (χ3v) is 2.98. The van der Waals surface area contributed by atoms with Crippen LogP contribution >= 0.6 is 11.8 Å². The Labute approximate surface area is 97.6 Å². The lowest BCUT2D eigenvalue weighted by Crippen LogP contribution is -2.27. The molecule has 0 heterocycles. The Balaban J connectivity index is 3.24. The Kier molecular flexibility index (Phi) is 10.2. The van der Waals surface area contributed by atoms with Crippen LogP contribution in [0.2, 0.25) is 0 Å². The van der Waals surface area contributed by atoms with Crippen molar-refractivity contribution in [1.29, 1.82) is 0 Å². The van der Waals surface area contributed by atoms with Gasteiger partial charge in [-0.2, -0.15) is 11.8 Å². The first-order valence-electron chi connectivity index (χ1n) is 5.66. The monoisotopic (exact) mass is 232 g/mol. The number of carbonyl (C=O) groups excluding carboxylic acids is 1. The standard InChI is InChI=1S/C11H24N2OS/c1-10(9-12)8-11(14)13-6-4-3-5-7-15-2/h10H,3-9,12H2,1-2H3,(H,13,14). The zero-order valence-electron chi connectivity index (χ0n) is 9.92. The van der Waals surface area contributed by atoms with E-state index in [1.807, 2.05) is 18.7 Å². The van der Waals surface area contributed by atoms with Crippen molar-refractivity contribution in [2.24, 2.45) is 11.7 Å². The number of carbonyl (C=O) groups is 1. The number of nitrogens with one attached hydrogen (secondary N) is 1. The summed E-state index contributed by atoms with van der Waals surface area (Å²) in [7, 11) is 0. The molecule has 1 unspecified atom stereocenters. The third-order valence-electron chi connectivity index (χ3n) is 2.28. The van der Waals surface area contributed by atoms with Crippen LogP contribution in [-0.2, 0) is 4.79 Å². The SMILES string of the molecule is CSCCCCCNC(=O)CC(C)CN. The minimum Gasteiger partial charge on any atom is -0.356 e. The molecule has 4 heteroatoms. The molecule has 0 aromatic rings. The normalized spacial score (nSPS) is 12.5. The summed E-state index contributed by atoms with van der Waals surface area (Å²) >= 11 is 1.88. The van der Waals surface area contributed by atoms with Crippen molar-refractivity contribution in [3.63, 3.8) is 0 Å². The summed E-state index contributed by atoms with van der Waals surface area (Å²) in [4.78, 5) is 11.3. The van der Waals surface area contributed by atoms with E-state index < -0.39 is 0 Å². The van der Waals surface area contributed by atoms with Crippen molar-refractivity contribution in [3.05, 3.63) is 0 Å². The summed E-state index contributed by atoms with van der Waals surface area (Å²) in [6, 6.07) is 0. The van der Waals surface area contributed by atoms with E-state index in [-0.39, 0.29) is 5.91 Å². The highest BCUT2D eigenvalue weighted by molar-refractivity contribution is 7.98. The molecule has 90 valence electrons. The molecule has 0 aliphatic heterocycles. The molecule has 0 bridgehead atoms. The molecule has 1 atom stereocenters. The van der Waals surface area contributed by atoms with Gasteiger partial charge in [0.15, 0.2) is 0 Å². The first kappa shape index (κ1) is 14.8. The molecule has 15 heavy (non-hydrogen) atoms. The summed E-state index contributed by atoms with van der Waals surface area (Å²) in [5.41, 5.74) is 5.45. The molecule has 0 aliphatic rings. The van der Waals surface area contributed by atoms with Gasteiger partial charge >= 0.3 is 0 Å². The van der Waals surface area contributed by atoms with E-state index in [0.717, 1.165) is 13.0 Å². The van der Waals surface area contributed by atoms with Crippen LogP contribution in [0.15, 0.2) is 0 Å². The van der Waals surface area contributed by atoms with Gasteiger partial charge in [0.05, 0.1) is 0 Å². The number of unbranched alkanes of at least 4 members (excludes halogenated alkanes) is 2. The van der Waals surface area contributed by atoms with Gasteiger partial charge in [-0.05, 0) is 37.3 Å². The average Bonchev–Trinajstić information content (AvgIpc) is 2.23. The highest BCUT2D eigenvalue weighted by Crippen LogP contribution is 2.02. The van der Waals surface area contributed by atoms with Crippen LogP contribution < -0.4 is 11.1 Å². The van der Waals surface area contributed by atoms with E-state index in [2.05, 4.69) is 11.6 Å². The molecule has 0 fully saturated rings. The summed E-state index contributed by atoms with van der Waals surface area (Å²) in [5, 5.41) is 2.92. The number of thioether (sulfide) groups is 1. The maximum Gasteiger partial charge on any atom is 0.220 e. The van der Waals surface area contributed by atoms with Crippen molar-refractivity contribution in [2.75, 3.05) is 25.1 Å². The quantitative estimate of drug-likeness (QED) is 0.594. The zero-order chi connectivity index (χ0) is 11.5. The van der Waals surface area contributed by atoms with Gasteiger partial charge in [0.25, 0.3) is 0 Å². The minimum absolute atomic E-state index is 0.137. The van der Waals surface area contributed by atoms with Crippen molar-refractivity contribution in [1.82, 2.24) is 5.32 Å². The maximum atomic E-state index is 11.3. The van der Waals surface area contributed by atoms with Crippen molar-refractivity contribution in [2.45, 2.75) is 32.6 Å². The molecule has 0 radical (unpaired) electrons. The molecule has 0 saturated heterocycles. The van der Waals surface area contributed by atoms with Crippen LogP contribution in [0.3, 0.4) is 0 Å². The van der Waals surface area contributed by atoms with Crippen LogP contribution in [0.1, 0.15) is 32.6 Å². The average molecular weight is 232 g/mol. The van der Waals surface area contributed by atoms with Crippen molar-refractivity contribution >= 4 is 17.7 Å². The molecule has 0 saturated carbocycles. The highest BCUT2D eigenvalue weighted by atomic mass is 32.2. The fourth-order valence-electron chi connectivity index (χ4n) is 1.25. The second kappa shape index (κ2) is 10.3. The third kappa shape index (κ3) is 10.1. The number of nitrogens with two attached hydrogens (primary N) is 1. The van der Waals surface area contributed by atoms with Gasteiger partial charge < -0.3 is 11.1 Å². The second-order valence-electron chi connectivity index (χ2n) is 3.95. The van der Waals surface area contributed by atoms with Crippen molar-refractivity contribution < 1.29 is 4.79 Å². The Hall–Kier alpha value is -0.220. The van der Waals surface area contributed by atoms with Crippen LogP contribution in [0.4, 0.5) is 0 Å². The fourth-order valence-corrected chi connectivity index (χ4v) is 1.74. The van der Waals surface area contributed by atoms with Crippen LogP contribution in [0.5, 0.6) is 0 Å². The highest BCUT2D eigenvalue weighted by Gasteiger charge is 2.05. The van der Waals surface area contributed by atoms with Crippen molar-refractivity contribution in [3.8, 4) is 0 Å². The second-order valence-corrected chi connectivity index (χ2v) is 4.93. The van der Waals surface area contributed by atoms with Gasteiger partial charge in [-0.3, -0.25) is 4.79 Å². The molecule has 0 aromatic carbocycles. The molecule has 0 spiro atoms. The van der Waals surface area contributed by atoms with E-state index in [1.54, 1.807) is 0 Å². The topological polar surface area (TPSA) is 55.1 Å². The first-order valence-corrected chi connectivity index (χ1v) is 7.05. The lowest BCUT2D eigenvalue weighted by Gasteiger charge is -2.08. The molecule has 1 amide bonds. The summed E-state index contributed by atoms with van der Waals surface area (Å²) in [5.74, 6) is 1.65. The van der Waals surface area contributed by atoms with E-state index in [9.17, 15) is 4.79 Å². The summed E-state index contributed by atoms with van der Waals surface area (Å²) < 4.78 is 0. The molecular weight excluding hydrogens is 208 g/mol. The zero-order valence-corrected chi connectivity index (χ0v) is 10.7. The lowest BCUT2D eigenvalue weighted by atomic mass is 10.1. The Morgan fingerprint density at radius 2 is 2.13 bits per heavy atom. The summed E-state index contributed by atoms with van der Waals surface area (Å²) in [6.45, 7) is 3.39. The molecule has 0 aromatic heterocycles. The first-order chi connectivity index (χ1) is 7.20. The van der Waals surface area contributed by atoms with Crippen LogP contribution in [-0.4, -0.2) is 31.0 Å². The molecule has 3 nitrogen and oxygen atoms in total.